The van der Waals surface area contributed by atoms with Crippen LogP contribution >= 0.6 is 0 Å². The van der Waals surface area contributed by atoms with E-state index in [0.717, 1.165) is 29.8 Å². The Hall–Kier alpha value is -2.50. The Kier molecular flexibility index (Phi) is 3.52. The monoisotopic (exact) mass is 306 g/mol. The van der Waals surface area contributed by atoms with Gasteiger partial charge < -0.3 is 5.32 Å². The van der Waals surface area contributed by atoms with Crippen molar-refractivity contribution < 1.29 is 18.0 Å². The number of hydrogen-bond donors (Lipinski definition) is 1. The molecule has 0 saturated heterocycles. The van der Waals surface area contributed by atoms with E-state index < -0.39 is 11.7 Å². The standard InChI is InChI=1S/C16H13F3N2O/c17-16(18,19)12-5-7-13(8-6-12)20-15(22)21-10-9-11-3-1-2-4-14(11)21/h1-8H,9-10H2,(H,20,22). The van der Waals surface area contributed by atoms with Crippen LogP contribution < -0.4 is 10.2 Å². The van der Waals surface area contributed by atoms with Crippen LogP contribution in [-0.4, -0.2) is 12.6 Å². The fourth-order valence-electron chi connectivity index (χ4n) is 2.48. The fourth-order valence-corrected chi connectivity index (χ4v) is 2.48. The van der Waals surface area contributed by atoms with Crippen LogP contribution in [0.2, 0.25) is 0 Å². The van der Waals surface area contributed by atoms with E-state index >= 15 is 0 Å². The Morgan fingerprint density at radius 3 is 2.41 bits per heavy atom. The molecule has 114 valence electrons. The molecule has 2 amide bonds. The number of nitrogens with zero attached hydrogens (tertiary/aromatic N) is 1. The maximum Gasteiger partial charge on any atom is 0.416 e. The molecule has 1 heterocycles. The highest BCUT2D eigenvalue weighted by Gasteiger charge is 2.30. The molecule has 0 spiro atoms. The van der Waals surface area contributed by atoms with Gasteiger partial charge in [-0.25, -0.2) is 4.79 Å². The Morgan fingerprint density at radius 1 is 1.05 bits per heavy atom. The van der Waals surface area contributed by atoms with Crippen molar-refractivity contribution in [2.45, 2.75) is 12.6 Å². The molecular formula is C16H13F3N2O. The smallest absolute Gasteiger partial charge is 0.308 e. The molecule has 0 unspecified atom stereocenters. The van der Waals surface area contributed by atoms with Crippen LogP contribution in [0.3, 0.4) is 0 Å². The average molecular weight is 306 g/mol. The number of carbonyl (C=O) groups is 1. The maximum absolute atomic E-state index is 12.5. The lowest BCUT2D eigenvalue weighted by Crippen LogP contribution is -2.33. The summed E-state index contributed by atoms with van der Waals surface area (Å²) in [7, 11) is 0. The summed E-state index contributed by atoms with van der Waals surface area (Å²) in [5.74, 6) is 0. The number of carbonyl (C=O) groups excluding carboxylic acids is 1. The van der Waals surface area contributed by atoms with Gasteiger partial charge in [-0.3, -0.25) is 4.90 Å². The summed E-state index contributed by atoms with van der Waals surface area (Å²) in [5, 5.41) is 2.62. The molecule has 1 aliphatic heterocycles. The number of rotatable bonds is 1. The van der Waals surface area contributed by atoms with Gasteiger partial charge in [0.25, 0.3) is 0 Å². The lowest BCUT2D eigenvalue weighted by atomic mass is 10.2. The number of alkyl halides is 3. The minimum absolute atomic E-state index is 0.336. The van der Waals surface area contributed by atoms with E-state index in [2.05, 4.69) is 5.32 Å². The molecule has 3 rings (SSSR count). The average Bonchev–Trinajstić information content (AvgIpc) is 2.91. The van der Waals surface area contributed by atoms with Crippen molar-refractivity contribution in [1.29, 1.82) is 0 Å². The lowest BCUT2D eigenvalue weighted by Gasteiger charge is -2.18. The van der Waals surface area contributed by atoms with Crippen molar-refractivity contribution in [1.82, 2.24) is 0 Å². The van der Waals surface area contributed by atoms with Gasteiger partial charge in [-0.1, -0.05) is 18.2 Å². The third kappa shape index (κ3) is 2.77. The number of halogens is 3. The molecule has 0 saturated carbocycles. The summed E-state index contributed by atoms with van der Waals surface area (Å²) >= 11 is 0. The number of hydrogen-bond acceptors (Lipinski definition) is 1. The Morgan fingerprint density at radius 2 is 1.73 bits per heavy atom. The summed E-state index contributed by atoms with van der Waals surface area (Å²) < 4.78 is 37.5. The van der Waals surface area contributed by atoms with Gasteiger partial charge in [0.15, 0.2) is 0 Å². The second-order valence-corrected chi connectivity index (χ2v) is 5.04. The van der Waals surface area contributed by atoms with Gasteiger partial charge in [-0.15, -0.1) is 0 Å². The highest BCUT2D eigenvalue weighted by Crippen LogP contribution is 2.31. The highest BCUT2D eigenvalue weighted by molar-refractivity contribution is 6.03. The van der Waals surface area contributed by atoms with Crippen molar-refractivity contribution in [3.8, 4) is 0 Å². The molecule has 1 aliphatic rings. The molecular weight excluding hydrogens is 293 g/mol. The largest absolute Gasteiger partial charge is 0.416 e. The van der Waals surface area contributed by atoms with E-state index in [1.807, 2.05) is 24.3 Å². The van der Waals surface area contributed by atoms with Crippen molar-refractivity contribution in [3.05, 3.63) is 59.7 Å². The minimum Gasteiger partial charge on any atom is -0.308 e. The second kappa shape index (κ2) is 5.36. The second-order valence-electron chi connectivity index (χ2n) is 5.04. The number of anilines is 2. The number of urea groups is 1. The minimum atomic E-state index is -4.38. The van der Waals surface area contributed by atoms with Crippen molar-refractivity contribution in [3.63, 3.8) is 0 Å². The van der Waals surface area contributed by atoms with E-state index in [9.17, 15) is 18.0 Å². The first-order chi connectivity index (χ1) is 10.4. The predicted octanol–water partition coefficient (Wildman–Crippen LogP) is 4.30. The van der Waals surface area contributed by atoms with E-state index in [-0.39, 0.29) is 6.03 Å². The van der Waals surface area contributed by atoms with Crippen LogP contribution in [0.1, 0.15) is 11.1 Å². The molecule has 2 aromatic rings. The molecule has 0 aliphatic carbocycles. The third-order valence-corrected chi connectivity index (χ3v) is 3.60. The Balaban J connectivity index is 1.73. The van der Waals surface area contributed by atoms with Crippen molar-refractivity contribution in [2.75, 3.05) is 16.8 Å². The van der Waals surface area contributed by atoms with Gasteiger partial charge in [0.05, 0.1) is 5.56 Å². The first-order valence-electron chi connectivity index (χ1n) is 6.79. The first kappa shape index (κ1) is 14.4. The summed E-state index contributed by atoms with van der Waals surface area (Å²) in [5.41, 5.74) is 1.52. The van der Waals surface area contributed by atoms with Gasteiger partial charge in [-0.05, 0) is 42.3 Å². The van der Waals surface area contributed by atoms with Crippen LogP contribution in [-0.2, 0) is 12.6 Å². The third-order valence-electron chi connectivity index (χ3n) is 3.60. The van der Waals surface area contributed by atoms with Crippen LogP contribution in [0.4, 0.5) is 29.3 Å². The predicted molar refractivity (Wildman–Crippen MR) is 78.0 cm³/mol. The van der Waals surface area contributed by atoms with E-state index in [1.165, 1.54) is 12.1 Å². The molecule has 22 heavy (non-hydrogen) atoms. The number of fused-ring (bicyclic) bond motifs is 1. The molecule has 3 nitrogen and oxygen atoms in total. The van der Waals surface area contributed by atoms with E-state index in [1.54, 1.807) is 4.90 Å². The fraction of sp³-hybridized carbons (Fsp3) is 0.188. The molecule has 0 bridgehead atoms. The Bertz CT molecular complexity index is 695. The van der Waals surface area contributed by atoms with Gasteiger partial charge in [0.2, 0.25) is 0 Å². The lowest BCUT2D eigenvalue weighted by molar-refractivity contribution is -0.137. The van der Waals surface area contributed by atoms with Gasteiger partial charge in [-0.2, -0.15) is 13.2 Å². The number of amides is 2. The number of nitrogens with one attached hydrogen (secondary N) is 1. The van der Waals surface area contributed by atoms with Crippen LogP contribution in [0.5, 0.6) is 0 Å². The molecule has 6 heteroatoms. The zero-order valence-corrected chi connectivity index (χ0v) is 11.5. The summed E-state index contributed by atoms with van der Waals surface area (Å²) in [6, 6.07) is 11.6. The number of para-hydroxylation sites is 1. The molecule has 0 fully saturated rings. The Labute approximate surface area is 125 Å². The normalized spacial score (nSPS) is 13.9. The van der Waals surface area contributed by atoms with E-state index in [0.29, 0.717) is 12.2 Å². The quantitative estimate of drug-likeness (QED) is 0.837. The van der Waals surface area contributed by atoms with E-state index in [4.69, 9.17) is 0 Å². The van der Waals surface area contributed by atoms with Gasteiger partial charge >= 0.3 is 12.2 Å². The summed E-state index contributed by atoms with van der Waals surface area (Å²) in [6.07, 6.45) is -3.60. The summed E-state index contributed by atoms with van der Waals surface area (Å²) in [6.45, 7) is 0.561. The van der Waals surface area contributed by atoms with Crippen molar-refractivity contribution >= 4 is 17.4 Å². The van der Waals surface area contributed by atoms with Crippen LogP contribution in [0.15, 0.2) is 48.5 Å². The zero-order chi connectivity index (χ0) is 15.7. The molecule has 2 aromatic carbocycles. The van der Waals surface area contributed by atoms with Gasteiger partial charge in [0, 0.05) is 17.9 Å². The first-order valence-corrected chi connectivity index (χ1v) is 6.79. The van der Waals surface area contributed by atoms with Crippen LogP contribution in [0, 0.1) is 0 Å². The molecule has 1 N–H and O–H groups in total. The summed E-state index contributed by atoms with van der Waals surface area (Å²) in [4.78, 5) is 13.8. The molecule has 0 aromatic heterocycles. The topological polar surface area (TPSA) is 32.3 Å². The molecule has 0 atom stereocenters. The zero-order valence-electron chi connectivity index (χ0n) is 11.5. The molecule has 0 radical (unpaired) electrons. The van der Waals surface area contributed by atoms with Gasteiger partial charge in [0.1, 0.15) is 0 Å². The maximum atomic E-state index is 12.5. The van der Waals surface area contributed by atoms with Crippen molar-refractivity contribution in [2.24, 2.45) is 0 Å². The van der Waals surface area contributed by atoms with Crippen LogP contribution in [0.25, 0.3) is 0 Å². The number of benzene rings is 2. The highest BCUT2D eigenvalue weighted by atomic mass is 19.4. The SMILES string of the molecule is O=C(Nc1ccc(C(F)(F)F)cc1)N1CCc2ccccc21.